The van der Waals surface area contributed by atoms with E-state index in [1.165, 1.54) is 0 Å². The summed E-state index contributed by atoms with van der Waals surface area (Å²) in [6, 6.07) is 5.61. The fourth-order valence-corrected chi connectivity index (χ4v) is 2.15. The number of rotatable bonds is 2. The Morgan fingerprint density at radius 2 is 2.41 bits per heavy atom. The van der Waals surface area contributed by atoms with Gasteiger partial charge in [0.05, 0.1) is 23.4 Å². The lowest BCUT2D eigenvalue weighted by atomic mass is 10.2. The van der Waals surface area contributed by atoms with Gasteiger partial charge >= 0.3 is 0 Å². The van der Waals surface area contributed by atoms with E-state index in [-0.39, 0.29) is 11.9 Å². The maximum atomic E-state index is 11.9. The van der Waals surface area contributed by atoms with Gasteiger partial charge in [0.25, 0.3) is 0 Å². The van der Waals surface area contributed by atoms with Crippen molar-refractivity contribution in [3.8, 4) is 0 Å². The van der Waals surface area contributed by atoms with Crippen LogP contribution in [0.3, 0.4) is 0 Å². The summed E-state index contributed by atoms with van der Waals surface area (Å²) in [5, 5.41) is 6.09. The Morgan fingerprint density at radius 1 is 1.47 bits per heavy atom. The van der Waals surface area contributed by atoms with Crippen LogP contribution in [-0.4, -0.2) is 28.5 Å². The summed E-state index contributed by atoms with van der Waals surface area (Å²) >= 11 is 0. The number of anilines is 1. The summed E-state index contributed by atoms with van der Waals surface area (Å²) in [5.74, 6) is 0.0429. The van der Waals surface area contributed by atoms with E-state index in [0.717, 1.165) is 36.1 Å². The number of nitrogens with zero attached hydrogens (tertiary/aromatic N) is 1. The van der Waals surface area contributed by atoms with Crippen LogP contribution in [0.4, 0.5) is 5.69 Å². The van der Waals surface area contributed by atoms with Crippen LogP contribution in [0, 0.1) is 0 Å². The van der Waals surface area contributed by atoms with E-state index in [9.17, 15) is 4.79 Å². The zero-order valence-corrected chi connectivity index (χ0v) is 9.36. The van der Waals surface area contributed by atoms with Gasteiger partial charge in [0.15, 0.2) is 0 Å². The third-order valence-corrected chi connectivity index (χ3v) is 3.06. The average molecular weight is 230 g/mol. The van der Waals surface area contributed by atoms with Crippen molar-refractivity contribution in [1.82, 2.24) is 15.3 Å². The van der Waals surface area contributed by atoms with Gasteiger partial charge in [0.1, 0.15) is 0 Å². The molecule has 88 valence electrons. The first kappa shape index (κ1) is 10.3. The van der Waals surface area contributed by atoms with Crippen molar-refractivity contribution >= 4 is 22.6 Å². The molecule has 0 radical (unpaired) electrons. The Balaban J connectivity index is 1.77. The van der Waals surface area contributed by atoms with E-state index in [1.54, 1.807) is 6.33 Å². The highest BCUT2D eigenvalue weighted by atomic mass is 16.2. The first-order valence-corrected chi connectivity index (χ1v) is 5.80. The topological polar surface area (TPSA) is 69.8 Å². The van der Waals surface area contributed by atoms with E-state index >= 15 is 0 Å². The second kappa shape index (κ2) is 4.18. The van der Waals surface area contributed by atoms with E-state index < -0.39 is 0 Å². The molecule has 0 saturated carbocycles. The number of aromatic amines is 1. The number of benzene rings is 1. The van der Waals surface area contributed by atoms with Gasteiger partial charge in [0, 0.05) is 5.69 Å². The zero-order chi connectivity index (χ0) is 11.7. The molecule has 1 unspecified atom stereocenters. The van der Waals surface area contributed by atoms with Crippen molar-refractivity contribution in [2.24, 2.45) is 0 Å². The number of imidazole rings is 1. The maximum Gasteiger partial charge on any atom is 0.241 e. The summed E-state index contributed by atoms with van der Waals surface area (Å²) in [6.07, 6.45) is 3.63. The quantitative estimate of drug-likeness (QED) is 0.727. The molecule has 2 aromatic rings. The van der Waals surface area contributed by atoms with Gasteiger partial charge in [-0.25, -0.2) is 4.98 Å². The fraction of sp³-hybridized carbons (Fsp3) is 0.333. The molecule has 17 heavy (non-hydrogen) atoms. The number of H-pyrrole nitrogens is 1. The molecule has 3 rings (SSSR count). The molecule has 3 N–H and O–H groups in total. The fourth-order valence-electron chi connectivity index (χ4n) is 2.15. The van der Waals surface area contributed by atoms with E-state index in [4.69, 9.17) is 0 Å². The van der Waals surface area contributed by atoms with Crippen LogP contribution in [0.25, 0.3) is 11.0 Å². The van der Waals surface area contributed by atoms with Gasteiger partial charge in [-0.05, 0) is 37.6 Å². The van der Waals surface area contributed by atoms with Crippen LogP contribution in [0.1, 0.15) is 12.8 Å². The number of carbonyl (C=O) groups excluding carboxylic acids is 1. The van der Waals surface area contributed by atoms with Crippen LogP contribution in [0.15, 0.2) is 24.5 Å². The maximum absolute atomic E-state index is 11.9. The second-order valence-electron chi connectivity index (χ2n) is 4.27. The molecule has 0 aliphatic carbocycles. The van der Waals surface area contributed by atoms with Crippen molar-refractivity contribution in [3.63, 3.8) is 0 Å². The molecule has 1 aliphatic rings. The first-order chi connectivity index (χ1) is 8.33. The number of hydrogen-bond donors (Lipinski definition) is 3. The van der Waals surface area contributed by atoms with Crippen LogP contribution in [0.2, 0.25) is 0 Å². The van der Waals surface area contributed by atoms with Gasteiger partial charge in [-0.2, -0.15) is 0 Å². The molecule has 0 bridgehead atoms. The largest absolute Gasteiger partial charge is 0.345 e. The van der Waals surface area contributed by atoms with Gasteiger partial charge in [-0.1, -0.05) is 0 Å². The Hall–Kier alpha value is -1.88. The number of aromatic nitrogens is 2. The highest BCUT2D eigenvalue weighted by Crippen LogP contribution is 2.16. The third-order valence-electron chi connectivity index (χ3n) is 3.06. The Morgan fingerprint density at radius 3 is 3.24 bits per heavy atom. The van der Waals surface area contributed by atoms with Gasteiger partial charge in [0.2, 0.25) is 5.91 Å². The minimum Gasteiger partial charge on any atom is -0.345 e. The zero-order valence-electron chi connectivity index (χ0n) is 9.36. The van der Waals surface area contributed by atoms with Crippen molar-refractivity contribution < 1.29 is 4.79 Å². The van der Waals surface area contributed by atoms with Crippen molar-refractivity contribution in [1.29, 1.82) is 0 Å². The predicted molar refractivity (Wildman–Crippen MR) is 65.7 cm³/mol. The smallest absolute Gasteiger partial charge is 0.241 e. The standard InChI is InChI=1S/C12H14N4O/c17-12(10-2-1-5-13-10)16-8-3-4-9-11(6-8)15-7-14-9/h3-4,6-7,10,13H,1-2,5H2,(H,14,15)(H,16,17). The lowest BCUT2D eigenvalue weighted by Gasteiger charge is -2.10. The minimum atomic E-state index is -0.0486. The van der Waals surface area contributed by atoms with Gasteiger partial charge < -0.3 is 15.6 Å². The summed E-state index contributed by atoms with van der Waals surface area (Å²) in [4.78, 5) is 19.1. The van der Waals surface area contributed by atoms with Crippen molar-refractivity contribution in [3.05, 3.63) is 24.5 Å². The molecule has 1 amide bonds. The molecule has 1 saturated heterocycles. The van der Waals surface area contributed by atoms with E-state index in [1.807, 2.05) is 18.2 Å². The Kier molecular flexibility index (Phi) is 2.53. The monoisotopic (exact) mass is 230 g/mol. The molecule has 1 fully saturated rings. The van der Waals surface area contributed by atoms with E-state index in [0.29, 0.717) is 0 Å². The molecule has 1 aliphatic heterocycles. The van der Waals surface area contributed by atoms with Crippen molar-refractivity contribution in [2.75, 3.05) is 11.9 Å². The summed E-state index contributed by atoms with van der Waals surface area (Å²) in [5.41, 5.74) is 2.64. The van der Waals surface area contributed by atoms with Crippen LogP contribution in [-0.2, 0) is 4.79 Å². The Labute approximate surface area is 98.6 Å². The molecular weight excluding hydrogens is 216 g/mol. The minimum absolute atomic E-state index is 0.0429. The third kappa shape index (κ3) is 2.01. The van der Waals surface area contributed by atoms with Crippen LogP contribution < -0.4 is 10.6 Å². The number of nitrogens with one attached hydrogen (secondary N) is 3. The molecule has 1 aromatic carbocycles. The molecule has 2 heterocycles. The van der Waals surface area contributed by atoms with Crippen LogP contribution >= 0.6 is 0 Å². The molecule has 1 aromatic heterocycles. The molecule has 5 nitrogen and oxygen atoms in total. The summed E-state index contributed by atoms with van der Waals surface area (Å²) < 4.78 is 0. The lowest BCUT2D eigenvalue weighted by Crippen LogP contribution is -2.35. The summed E-state index contributed by atoms with van der Waals surface area (Å²) in [7, 11) is 0. The highest BCUT2D eigenvalue weighted by molar-refractivity contribution is 5.96. The van der Waals surface area contributed by atoms with Crippen molar-refractivity contribution in [2.45, 2.75) is 18.9 Å². The first-order valence-electron chi connectivity index (χ1n) is 5.80. The number of amides is 1. The molecular formula is C12H14N4O. The Bertz CT molecular complexity index is 542. The normalized spacial score (nSPS) is 19.6. The number of carbonyl (C=O) groups is 1. The van der Waals surface area contributed by atoms with Crippen LogP contribution in [0.5, 0.6) is 0 Å². The molecule has 1 atom stereocenters. The van der Waals surface area contributed by atoms with E-state index in [2.05, 4.69) is 20.6 Å². The SMILES string of the molecule is O=C(Nc1ccc2nc[nH]c2c1)C1CCCN1. The molecule has 5 heteroatoms. The average Bonchev–Trinajstić information content (AvgIpc) is 2.99. The predicted octanol–water partition coefficient (Wildman–Crippen LogP) is 1.25. The lowest BCUT2D eigenvalue weighted by molar-refractivity contribution is -0.117. The highest BCUT2D eigenvalue weighted by Gasteiger charge is 2.21. The van der Waals surface area contributed by atoms with Gasteiger partial charge in [-0.3, -0.25) is 4.79 Å². The summed E-state index contributed by atoms with van der Waals surface area (Å²) in [6.45, 7) is 0.928. The number of hydrogen-bond acceptors (Lipinski definition) is 3. The number of fused-ring (bicyclic) bond motifs is 1. The van der Waals surface area contributed by atoms with Gasteiger partial charge in [-0.15, -0.1) is 0 Å². The second-order valence-corrected chi connectivity index (χ2v) is 4.27. The molecule has 0 spiro atoms.